The second-order valence-corrected chi connectivity index (χ2v) is 6.57. The van der Waals surface area contributed by atoms with Crippen molar-refractivity contribution >= 4 is 23.2 Å². The number of hydrogen-bond acceptors (Lipinski definition) is 4. The summed E-state index contributed by atoms with van der Waals surface area (Å²) >= 11 is 1.37. The van der Waals surface area contributed by atoms with Gasteiger partial charge in [-0.3, -0.25) is 9.59 Å². The lowest BCUT2D eigenvalue weighted by Gasteiger charge is -2.09. The highest BCUT2D eigenvalue weighted by Crippen LogP contribution is 2.14. The van der Waals surface area contributed by atoms with Gasteiger partial charge in [-0.25, -0.2) is 0 Å². The molecule has 1 heterocycles. The summed E-state index contributed by atoms with van der Waals surface area (Å²) in [5.74, 6) is 0.117. The average molecular weight is 381 g/mol. The molecule has 27 heavy (non-hydrogen) atoms. The zero-order chi connectivity index (χ0) is 19.2. The topological polar surface area (TPSA) is 72.7 Å². The molecule has 1 aromatic heterocycles. The normalized spacial score (nSPS) is 11.3. The van der Waals surface area contributed by atoms with Crippen molar-refractivity contribution in [3.8, 4) is 5.75 Å². The van der Waals surface area contributed by atoms with Crippen molar-refractivity contribution in [3.05, 3.63) is 81.6 Å². The van der Waals surface area contributed by atoms with Crippen LogP contribution in [-0.2, 0) is 6.54 Å². The number of thiazole rings is 1. The number of benzene rings is 2. The van der Waals surface area contributed by atoms with E-state index in [9.17, 15) is 9.59 Å². The third kappa shape index (κ3) is 4.32. The predicted molar refractivity (Wildman–Crippen MR) is 104 cm³/mol. The number of aromatic nitrogens is 1. The first-order valence-corrected chi connectivity index (χ1v) is 9.17. The summed E-state index contributed by atoms with van der Waals surface area (Å²) < 4.78 is 7.01. The number of carbonyl (C=O) groups is 2. The van der Waals surface area contributed by atoms with Crippen molar-refractivity contribution in [3.63, 3.8) is 0 Å². The first-order valence-electron chi connectivity index (χ1n) is 8.29. The van der Waals surface area contributed by atoms with E-state index in [0.717, 1.165) is 5.56 Å². The Kier molecular flexibility index (Phi) is 5.83. The van der Waals surface area contributed by atoms with Gasteiger partial charge in [0.05, 0.1) is 13.7 Å². The number of hydrogen-bond donors (Lipinski definition) is 1. The summed E-state index contributed by atoms with van der Waals surface area (Å²) in [6.07, 6.45) is 1.85. The molecule has 0 fully saturated rings. The van der Waals surface area contributed by atoms with Gasteiger partial charge in [0.1, 0.15) is 5.75 Å². The van der Waals surface area contributed by atoms with Gasteiger partial charge in [0.25, 0.3) is 11.8 Å². The fourth-order valence-corrected chi connectivity index (χ4v) is 3.34. The second kappa shape index (κ2) is 8.46. The van der Waals surface area contributed by atoms with Crippen molar-refractivity contribution in [1.82, 2.24) is 9.88 Å². The van der Waals surface area contributed by atoms with Gasteiger partial charge in [-0.2, -0.15) is 4.99 Å². The van der Waals surface area contributed by atoms with E-state index < -0.39 is 0 Å². The standard InChI is InChI=1S/C20H19N3O3S/c1-21-19(25)17-9-4-3-6-15(17)13-23-10-11-27-20(23)22-18(24)14-7-5-8-16(12-14)26-2/h3-12H,13H2,1-2H3,(H,21,25). The molecule has 0 radical (unpaired) electrons. The van der Waals surface area contributed by atoms with E-state index in [4.69, 9.17) is 4.74 Å². The smallest absolute Gasteiger partial charge is 0.279 e. The minimum atomic E-state index is -0.343. The number of carbonyl (C=O) groups excluding carboxylic acids is 2. The minimum Gasteiger partial charge on any atom is -0.497 e. The summed E-state index contributed by atoms with van der Waals surface area (Å²) in [7, 11) is 3.16. The Bertz CT molecular complexity index is 1040. The van der Waals surface area contributed by atoms with Crippen molar-refractivity contribution in [2.45, 2.75) is 6.54 Å². The molecule has 0 saturated heterocycles. The molecule has 3 aromatic rings. The van der Waals surface area contributed by atoms with E-state index in [2.05, 4.69) is 10.3 Å². The number of methoxy groups -OCH3 is 1. The third-order valence-electron chi connectivity index (χ3n) is 4.00. The molecule has 0 atom stereocenters. The van der Waals surface area contributed by atoms with Crippen LogP contribution in [0.1, 0.15) is 26.3 Å². The molecule has 2 amide bonds. The number of amides is 2. The fraction of sp³-hybridized carbons (Fsp3) is 0.150. The van der Waals surface area contributed by atoms with Crippen LogP contribution >= 0.6 is 11.3 Å². The molecule has 0 aliphatic carbocycles. The molecule has 0 aliphatic heterocycles. The average Bonchev–Trinajstić information content (AvgIpc) is 3.14. The molecule has 0 saturated carbocycles. The van der Waals surface area contributed by atoms with Crippen molar-refractivity contribution < 1.29 is 14.3 Å². The molecule has 1 N–H and O–H groups in total. The van der Waals surface area contributed by atoms with Gasteiger partial charge in [0.15, 0.2) is 4.80 Å². The molecule has 138 valence electrons. The van der Waals surface area contributed by atoms with Crippen molar-refractivity contribution in [2.75, 3.05) is 14.2 Å². The lowest BCUT2D eigenvalue weighted by Crippen LogP contribution is -2.22. The van der Waals surface area contributed by atoms with Crippen LogP contribution in [0, 0.1) is 0 Å². The van der Waals surface area contributed by atoms with Crippen LogP contribution in [0.4, 0.5) is 0 Å². The Morgan fingerprint density at radius 1 is 1.19 bits per heavy atom. The Morgan fingerprint density at radius 3 is 2.78 bits per heavy atom. The van der Waals surface area contributed by atoms with Gasteiger partial charge in [0, 0.05) is 29.8 Å². The van der Waals surface area contributed by atoms with Gasteiger partial charge < -0.3 is 14.6 Å². The largest absolute Gasteiger partial charge is 0.497 e. The molecule has 0 spiro atoms. The minimum absolute atomic E-state index is 0.146. The maximum Gasteiger partial charge on any atom is 0.279 e. The van der Waals surface area contributed by atoms with Crippen LogP contribution in [0.2, 0.25) is 0 Å². The highest BCUT2D eigenvalue weighted by atomic mass is 32.1. The highest BCUT2D eigenvalue weighted by molar-refractivity contribution is 7.07. The van der Waals surface area contributed by atoms with Crippen LogP contribution in [0.3, 0.4) is 0 Å². The molecular weight excluding hydrogens is 362 g/mol. The van der Waals surface area contributed by atoms with Gasteiger partial charge in [-0.15, -0.1) is 11.3 Å². The molecule has 2 aromatic carbocycles. The van der Waals surface area contributed by atoms with E-state index in [0.29, 0.717) is 28.2 Å². The van der Waals surface area contributed by atoms with Crippen LogP contribution in [0.15, 0.2) is 65.1 Å². The Hall–Kier alpha value is -3.19. The van der Waals surface area contributed by atoms with Crippen molar-refractivity contribution in [2.24, 2.45) is 4.99 Å². The Morgan fingerprint density at radius 2 is 2.00 bits per heavy atom. The highest BCUT2D eigenvalue weighted by Gasteiger charge is 2.11. The number of ether oxygens (including phenoxy) is 1. The van der Waals surface area contributed by atoms with E-state index >= 15 is 0 Å². The molecule has 0 unspecified atom stereocenters. The SMILES string of the molecule is CNC(=O)c1ccccc1Cn1ccsc1=NC(=O)c1cccc(OC)c1. The molecule has 3 rings (SSSR count). The van der Waals surface area contributed by atoms with Crippen LogP contribution < -0.4 is 14.9 Å². The summed E-state index contributed by atoms with van der Waals surface area (Å²) in [6, 6.07) is 14.3. The molecule has 0 bridgehead atoms. The summed E-state index contributed by atoms with van der Waals surface area (Å²) in [4.78, 5) is 29.4. The molecule has 7 heteroatoms. The number of rotatable bonds is 5. The monoisotopic (exact) mass is 381 g/mol. The molecular formula is C20H19N3O3S. The first kappa shape index (κ1) is 18.6. The lowest BCUT2D eigenvalue weighted by molar-refractivity contribution is 0.0960. The summed E-state index contributed by atoms with van der Waals surface area (Å²) in [5.41, 5.74) is 1.91. The maximum atomic E-state index is 12.5. The predicted octanol–water partition coefficient (Wildman–Crippen LogP) is 2.71. The number of nitrogens with one attached hydrogen (secondary N) is 1. The zero-order valence-corrected chi connectivity index (χ0v) is 15.8. The van der Waals surface area contributed by atoms with Gasteiger partial charge in [0.2, 0.25) is 0 Å². The van der Waals surface area contributed by atoms with Crippen LogP contribution in [-0.4, -0.2) is 30.5 Å². The van der Waals surface area contributed by atoms with Gasteiger partial charge in [-0.1, -0.05) is 24.3 Å². The Balaban J connectivity index is 1.92. The fourth-order valence-electron chi connectivity index (χ4n) is 2.61. The van der Waals surface area contributed by atoms with E-state index in [1.54, 1.807) is 44.5 Å². The maximum absolute atomic E-state index is 12.5. The van der Waals surface area contributed by atoms with Crippen LogP contribution in [0.5, 0.6) is 5.75 Å². The van der Waals surface area contributed by atoms with Crippen molar-refractivity contribution in [1.29, 1.82) is 0 Å². The van der Waals surface area contributed by atoms with E-state index in [1.165, 1.54) is 11.3 Å². The van der Waals surface area contributed by atoms with Crippen LogP contribution in [0.25, 0.3) is 0 Å². The summed E-state index contributed by atoms with van der Waals surface area (Å²) in [6.45, 7) is 0.442. The van der Waals surface area contributed by atoms with Gasteiger partial charge in [-0.05, 0) is 29.8 Å². The Labute approximate surface area is 160 Å². The van der Waals surface area contributed by atoms with E-state index in [-0.39, 0.29) is 11.8 Å². The summed E-state index contributed by atoms with van der Waals surface area (Å²) in [5, 5.41) is 4.51. The van der Waals surface area contributed by atoms with E-state index in [1.807, 2.05) is 34.3 Å². The van der Waals surface area contributed by atoms with Gasteiger partial charge >= 0.3 is 0 Å². The lowest BCUT2D eigenvalue weighted by atomic mass is 10.1. The number of nitrogens with zero attached hydrogens (tertiary/aromatic N) is 2. The third-order valence-corrected chi connectivity index (χ3v) is 4.80. The molecule has 0 aliphatic rings. The quantitative estimate of drug-likeness (QED) is 0.739. The zero-order valence-electron chi connectivity index (χ0n) is 15.0. The first-order chi connectivity index (χ1) is 13.1. The molecule has 6 nitrogen and oxygen atoms in total. The second-order valence-electron chi connectivity index (χ2n) is 5.70.